The van der Waals surface area contributed by atoms with Crippen molar-refractivity contribution in [2.45, 2.75) is 58.2 Å². The minimum atomic E-state index is -0.680. The van der Waals surface area contributed by atoms with Gasteiger partial charge in [0.1, 0.15) is 12.1 Å². The quantitative estimate of drug-likeness (QED) is 0.321. The Morgan fingerprint density at radius 2 is 1.62 bits per heavy atom. The van der Waals surface area contributed by atoms with Crippen molar-refractivity contribution in [3.8, 4) is 0 Å². The maximum Gasteiger partial charge on any atom is 0.332 e. The Morgan fingerprint density at radius 1 is 0.923 bits per heavy atom. The summed E-state index contributed by atoms with van der Waals surface area (Å²) in [4.78, 5) is 47.8. The number of aromatic amines is 1. The standard InChI is InChI=1S/C32H32N4O3/c1-18(2)20-13-15-21(16-14-20)29-28-24(22-9-5-7-11-25(22)34-28)17-27-31(38)36(32(39)35(27)29)26-12-8-6-10-23(26)30(37)33-19(3)4/h5-16,18-19,27,29,34H,17H2,1-4H3,(H,33,37)/t27-,29-/m0/s1. The number of rotatable bonds is 5. The number of hydrogen-bond donors (Lipinski definition) is 2. The van der Waals surface area contributed by atoms with E-state index in [-0.39, 0.29) is 17.9 Å². The number of anilines is 1. The van der Waals surface area contributed by atoms with Gasteiger partial charge in [0.2, 0.25) is 0 Å². The molecule has 3 heterocycles. The number of aromatic nitrogens is 1. The van der Waals surface area contributed by atoms with E-state index in [1.54, 1.807) is 29.2 Å². The Kier molecular flexibility index (Phi) is 6.02. The van der Waals surface area contributed by atoms with E-state index in [0.29, 0.717) is 23.6 Å². The van der Waals surface area contributed by atoms with Crippen LogP contribution in [0.4, 0.5) is 10.5 Å². The number of H-pyrrole nitrogens is 1. The summed E-state index contributed by atoms with van der Waals surface area (Å²) in [6.45, 7) is 8.05. The SMILES string of the molecule is CC(C)NC(=O)c1ccccc1N1C(=O)[C@@H]2Cc3c([nH]c4ccccc34)[C@H](c3ccc(C(C)C)cc3)N2C1=O. The summed E-state index contributed by atoms with van der Waals surface area (Å²) in [5, 5.41) is 3.95. The largest absolute Gasteiger partial charge is 0.356 e. The Morgan fingerprint density at radius 3 is 2.33 bits per heavy atom. The lowest BCUT2D eigenvalue weighted by Crippen LogP contribution is -2.44. The first-order valence-corrected chi connectivity index (χ1v) is 13.5. The van der Waals surface area contributed by atoms with Crippen molar-refractivity contribution in [3.63, 3.8) is 0 Å². The number of amides is 4. The van der Waals surface area contributed by atoms with E-state index >= 15 is 0 Å². The summed E-state index contributed by atoms with van der Waals surface area (Å²) in [5.74, 6) is -0.256. The molecule has 0 spiro atoms. The first-order chi connectivity index (χ1) is 18.8. The van der Waals surface area contributed by atoms with Crippen molar-refractivity contribution in [1.82, 2.24) is 15.2 Å². The zero-order valence-electron chi connectivity index (χ0n) is 22.6. The summed E-state index contributed by atoms with van der Waals surface area (Å²) in [5.41, 5.74) is 5.72. The highest BCUT2D eigenvalue weighted by Gasteiger charge is 2.53. The van der Waals surface area contributed by atoms with Gasteiger partial charge in [0.05, 0.1) is 11.3 Å². The number of carbonyl (C=O) groups is 3. The third kappa shape index (κ3) is 4.00. The van der Waals surface area contributed by atoms with Crippen LogP contribution in [0.5, 0.6) is 0 Å². The van der Waals surface area contributed by atoms with Crippen molar-refractivity contribution in [2.24, 2.45) is 0 Å². The molecule has 7 heteroatoms. The molecule has 0 saturated carbocycles. The Bertz CT molecular complexity index is 1600. The first kappa shape index (κ1) is 24.9. The van der Waals surface area contributed by atoms with Crippen molar-refractivity contribution in [2.75, 3.05) is 4.90 Å². The number of nitrogens with zero attached hydrogens (tertiary/aromatic N) is 2. The molecule has 2 N–H and O–H groups in total. The van der Waals surface area contributed by atoms with Crippen molar-refractivity contribution in [1.29, 1.82) is 0 Å². The summed E-state index contributed by atoms with van der Waals surface area (Å²) in [6.07, 6.45) is 0.404. The van der Waals surface area contributed by atoms with Crippen LogP contribution in [-0.4, -0.2) is 39.8 Å². The molecule has 1 saturated heterocycles. The fourth-order valence-corrected chi connectivity index (χ4v) is 5.91. The fraction of sp³-hybridized carbons (Fsp3) is 0.281. The minimum absolute atomic E-state index is 0.0848. The van der Waals surface area contributed by atoms with Crippen molar-refractivity contribution < 1.29 is 14.4 Å². The molecule has 1 fully saturated rings. The van der Waals surface area contributed by atoms with Crippen LogP contribution in [0.1, 0.15) is 72.4 Å². The maximum absolute atomic E-state index is 14.2. The zero-order valence-corrected chi connectivity index (χ0v) is 22.6. The highest BCUT2D eigenvalue weighted by molar-refractivity contribution is 6.24. The molecule has 198 valence electrons. The molecule has 0 aliphatic carbocycles. The van der Waals surface area contributed by atoms with Crippen LogP contribution < -0.4 is 10.2 Å². The van der Waals surface area contributed by atoms with Crippen molar-refractivity contribution >= 4 is 34.4 Å². The van der Waals surface area contributed by atoms with Gasteiger partial charge in [0.15, 0.2) is 0 Å². The highest BCUT2D eigenvalue weighted by atomic mass is 16.2. The smallest absolute Gasteiger partial charge is 0.332 e. The van der Waals surface area contributed by atoms with E-state index in [1.807, 2.05) is 32.0 Å². The Balaban J connectivity index is 1.49. The predicted octanol–water partition coefficient (Wildman–Crippen LogP) is 5.91. The second kappa shape index (κ2) is 9.42. The summed E-state index contributed by atoms with van der Waals surface area (Å²) in [7, 11) is 0. The number of para-hydroxylation sites is 2. The number of imide groups is 1. The highest BCUT2D eigenvalue weighted by Crippen LogP contribution is 2.45. The van der Waals surface area contributed by atoms with Gasteiger partial charge in [-0.3, -0.25) is 14.5 Å². The van der Waals surface area contributed by atoms with Gasteiger partial charge in [0.25, 0.3) is 11.8 Å². The molecule has 2 atom stereocenters. The third-order valence-electron chi connectivity index (χ3n) is 7.78. The first-order valence-electron chi connectivity index (χ1n) is 13.5. The summed E-state index contributed by atoms with van der Waals surface area (Å²) >= 11 is 0. The van der Waals surface area contributed by atoms with Gasteiger partial charge in [-0.05, 0) is 54.7 Å². The molecule has 4 aromatic rings. The van der Waals surface area contributed by atoms with Gasteiger partial charge in [-0.2, -0.15) is 0 Å². The molecular formula is C32H32N4O3. The normalized spacial score (nSPS) is 18.7. The van der Waals surface area contributed by atoms with E-state index in [0.717, 1.165) is 27.7 Å². The van der Waals surface area contributed by atoms with E-state index in [1.165, 1.54) is 10.5 Å². The number of urea groups is 1. The van der Waals surface area contributed by atoms with E-state index in [4.69, 9.17) is 0 Å². The molecule has 4 amide bonds. The average Bonchev–Trinajstić information content (AvgIpc) is 3.41. The van der Waals surface area contributed by atoms with Crippen LogP contribution in [0.25, 0.3) is 10.9 Å². The molecule has 2 aliphatic rings. The molecular weight excluding hydrogens is 488 g/mol. The second-order valence-corrected chi connectivity index (χ2v) is 11.0. The van der Waals surface area contributed by atoms with Crippen molar-refractivity contribution in [3.05, 3.63) is 101 Å². The molecule has 0 unspecified atom stereocenters. The van der Waals surface area contributed by atoms with E-state index in [2.05, 4.69) is 54.5 Å². The van der Waals surface area contributed by atoms with E-state index < -0.39 is 18.1 Å². The number of nitrogens with one attached hydrogen (secondary N) is 2. The number of fused-ring (bicyclic) bond motifs is 4. The second-order valence-electron chi connectivity index (χ2n) is 11.0. The molecule has 7 nitrogen and oxygen atoms in total. The molecule has 39 heavy (non-hydrogen) atoms. The number of carbonyl (C=O) groups excluding carboxylic acids is 3. The van der Waals surface area contributed by atoms with E-state index in [9.17, 15) is 14.4 Å². The average molecular weight is 521 g/mol. The van der Waals surface area contributed by atoms with Gasteiger partial charge in [0, 0.05) is 29.1 Å². The van der Waals surface area contributed by atoms with Crippen LogP contribution in [0.3, 0.4) is 0 Å². The molecule has 0 radical (unpaired) electrons. The van der Waals surface area contributed by atoms with Crippen LogP contribution in [0.15, 0.2) is 72.8 Å². The summed E-state index contributed by atoms with van der Waals surface area (Å²) < 4.78 is 0. The lowest BCUT2D eigenvalue weighted by molar-refractivity contribution is -0.120. The van der Waals surface area contributed by atoms with Crippen LogP contribution >= 0.6 is 0 Å². The lowest BCUT2D eigenvalue weighted by Gasteiger charge is -2.36. The number of benzene rings is 3. The van der Waals surface area contributed by atoms with Gasteiger partial charge >= 0.3 is 6.03 Å². The minimum Gasteiger partial charge on any atom is -0.356 e. The van der Waals surface area contributed by atoms with Crippen LogP contribution in [0, 0.1) is 0 Å². The third-order valence-corrected chi connectivity index (χ3v) is 7.78. The van der Waals surface area contributed by atoms with Gasteiger partial charge in [-0.25, -0.2) is 9.69 Å². The fourth-order valence-electron chi connectivity index (χ4n) is 5.91. The Labute approximate surface area is 227 Å². The Hall–Kier alpha value is -4.39. The monoisotopic (exact) mass is 520 g/mol. The molecule has 3 aromatic carbocycles. The maximum atomic E-state index is 14.2. The van der Waals surface area contributed by atoms with Gasteiger partial charge < -0.3 is 10.3 Å². The number of hydrogen-bond acceptors (Lipinski definition) is 3. The van der Waals surface area contributed by atoms with Gasteiger partial charge in [-0.15, -0.1) is 0 Å². The molecule has 0 bridgehead atoms. The predicted molar refractivity (Wildman–Crippen MR) is 152 cm³/mol. The molecule has 6 rings (SSSR count). The van der Waals surface area contributed by atoms with Gasteiger partial charge in [-0.1, -0.05) is 68.4 Å². The summed E-state index contributed by atoms with van der Waals surface area (Å²) in [6, 6.07) is 21.5. The molecule has 1 aromatic heterocycles. The topological polar surface area (TPSA) is 85.5 Å². The van der Waals surface area contributed by atoms with Crippen LogP contribution in [-0.2, 0) is 11.2 Å². The lowest BCUT2D eigenvalue weighted by atomic mass is 9.88. The molecule has 2 aliphatic heterocycles. The van der Waals surface area contributed by atoms with Crippen LogP contribution in [0.2, 0.25) is 0 Å². The zero-order chi connectivity index (χ0) is 27.4.